The number of hydrogen-bond donors (Lipinski definition) is 3. The van der Waals surface area contributed by atoms with E-state index in [1.54, 1.807) is 0 Å². The van der Waals surface area contributed by atoms with Crippen LogP contribution in [0.2, 0.25) is 0 Å². The van der Waals surface area contributed by atoms with E-state index in [0.717, 1.165) is 30.3 Å². The van der Waals surface area contributed by atoms with Gasteiger partial charge in [0.2, 0.25) is 9.85 Å². The van der Waals surface area contributed by atoms with E-state index in [1.165, 1.54) is 0 Å². The van der Waals surface area contributed by atoms with E-state index >= 15 is 0 Å². The van der Waals surface area contributed by atoms with Crippen molar-refractivity contribution in [3.8, 4) is 0 Å². The highest BCUT2D eigenvalue weighted by Crippen LogP contribution is 2.26. The molecule has 0 radical (unpaired) electrons. The first-order valence-corrected chi connectivity index (χ1v) is 9.47. The van der Waals surface area contributed by atoms with Crippen molar-refractivity contribution in [2.75, 3.05) is 0 Å². The van der Waals surface area contributed by atoms with Gasteiger partial charge < -0.3 is 19.1 Å². The summed E-state index contributed by atoms with van der Waals surface area (Å²) >= 11 is -4.02. The van der Waals surface area contributed by atoms with Crippen molar-refractivity contribution in [1.82, 2.24) is 0 Å². The summed E-state index contributed by atoms with van der Waals surface area (Å²) in [6.45, 7) is 0. The van der Waals surface area contributed by atoms with Gasteiger partial charge in [0, 0.05) is 12.1 Å². The Hall–Kier alpha value is -4.35. The first-order valence-electron chi connectivity index (χ1n) is 8.05. The summed E-state index contributed by atoms with van der Waals surface area (Å²) in [7, 11) is 0. The maximum atomic E-state index is 12.4. The van der Waals surface area contributed by atoms with E-state index in [0.29, 0.717) is 6.07 Å². The van der Waals surface area contributed by atoms with E-state index in [-0.39, 0.29) is 10.5 Å². The average molecular weight is 448 g/mol. The van der Waals surface area contributed by atoms with E-state index in [9.17, 15) is 34.1 Å². The van der Waals surface area contributed by atoms with E-state index < -0.39 is 72.0 Å². The smallest absolute Gasteiger partial charge is 0.543 e. The summed E-state index contributed by atoms with van der Waals surface area (Å²) in [5.74, 6) is -5.67. The predicted octanol–water partition coefficient (Wildman–Crippen LogP) is 1.32. The first-order chi connectivity index (χ1) is 14.6. The van der Waals surface area contributed by atoms with Crippen LogP contribution < -0.4 is 0 Å². The molecule has 14 nitrogen and oxygen atoms in total. The van der Waals surface area contributed by atoms with Crippen molar-refractivity contribution in [3.63, 3.8) is 0 Å². The third-order valence-electron chi connectivity index (χ3n) is 3.90. The summed E-state index contributed by atoms with van der Waals surface area (Å²) in [5, 5.41) is 27.4. The highest BCUT2D eigenvalue weighted by atomic mass is 27.3. The van der Waals surface area contributed by atoms with Crippen LogP contribution in [-0.2, 0) is 11.6 Å². The van der Waals surface area contributed by atoms with Crippen molar-refractivity contribution in [3.05, 3.63) is 68.5 Å². The molecule has 31 heavy (non-hydrogen) atoms. The fourth-order valence-corrected chi connectivity index (χ4v) is 3.45. The molecule has 0 fully saturated rings. The maximum absolute atomic E-state index is 12.4. The van der Waals surface area contributed by atoms with Gasteiger partial charge in [0.15, 0.2) is 0 Å². The predicted molar refractivity (Wildman–Crippen MR) is 93.7 cm³/mol. The fraction of sp³-hybridized carbons (Fsp3) is 0. The molecule has 3 rings (SSSR count). The Morgan fingerprint density at radius 2 is 1.61 bits per heavy atom. The summed E-state index contributed by atoms with van der Waals surface area (Å²) in [5.41, 5.74) is -3.19. The normalized spacial score (nSPS) is 12.7. The van der Waals surface area contributed by atoms with Crippen molar-refractivity contribution in [1.29, 1.82) is 0 Å². The van der Waals surface area contributed by atoms with Crippen molar-refractivity contribution in [2.45, 2.75) is 0 Å². The monoisotopic (exact) mass is 448 g/mol. The number of hydrogen-bond acceptors (Lipinski definition) is 9. The molecule has 2 bridgehead atoms. The highest BCUT2D eigenvalue weighted by Gasteiger charge is 2.63. The Morgan fingerprint density at radius 3 is 2.23 bits per heavy atom. The van der Waals surface area contributed by atoms with Crippen molar-refractivity contribution in [2.24, 2.45) is 0 Å². The lowest BCUT2D eigenvalue weighted by Crippen LogP contribution is -2.36. The van der Waals surface area contributed by atoms with Crippen LogP contribution in [0.15, 0.2) is 36.4 Å². The van der Waals surface area contributed by atoms with E-state index in [4.69, 9.17) is 21.8 Å². The molecular formula is C16H9AlN2O12+2. The lowest BCUT2D eigenvalue weighted by atomic mass is 10.1. The van der Waals surface area contributed by atoms with Crippen LogP contribution in [0.1, 0.15) is 41.4 Å². The molecule has 1 aliphatic rings. The number of carbonyl (C=O) groups excluding carboxylic acids is 1. The standard InChI is InChI=1S/2C8H5NO6.Al/c2*10-7(11)4-1-2-5(8(12)13)6(3-4)9(14)15;/h2*1-3H,(H,10,11)(H,12,13);/q;;+3/p-1. The number of carboxylic acid groups (broad SMARTS) is 3. The van der Waals surface area contributed by atoms with Gasteiger partial charge in [0.1, 0.15) is 11.1 Å². The largest absolute Gasteiger partial charge is 1.32 e. The molecule has 0 saturated heterocycles. The molecule has 0 unspecified atom stereocenters. The molecule has 0 saturated carbocycles. The number of nitrogens with zero attached hydrogens (tertiary/aromatic N) is 2. The van der Waals surface area contributed by atoms with Crippen LogP contribution in [0, 0.1) is 9.81 Å². The lowest BCUT2D eigenvalue weighted by Gasteiger charge is -2.09. The maximum Gasteiger partial charge on any atom is 1.32 e. The average Bonchev–Trinajstić information content (AvgIpc) is 2.71. The minimum Gasteiger partial charge on any atom is -0.543 e. The van der Waals surface area contributed by atoms with Crippen LogP contribution in [0.4, 0.5) is 11.4 Å². The topological polar surface area (TPSA) is 197 Å². The zero-order chi connectivity index (χ0) is 22.9. The van der Waals surface area contributed by atoms with Crippen LogP contribution in [0.25, 0.3) is 0 Å². The van der Waals surface area contributed by atoms with Gasteiger partial charge in [-0.2, -0.15) is 0 Å². The third-order valence-corrected chi connectivity index (χ3v) is 5.03. The Bertz CT molecular complexity index is 1180. The molecule has 15 heteroatoms. The van der Waals surface area contributed by atoms with Gasteiger partial charge in [-0.3, -0.25) is 7.78 Å². The molecule has 0 atom stereocenters. The van der Waals surface area contributed by atoms with Crippen molar-refractivity contribution < 1.29 is 55.9 Å². The zero-order valence-electron chi connectivity index (χ0n) is 15.0. The second-order valence-corrected chi connectivity index (χ2v) is 7.03. The Balaban J connectivity index is 1.93. The Labute approximate surface area is 175 Å². The molecule has 0 amide bonds. The highest BCUT2D eigenvalue weighted by molar-refractivity contribution is 6.39. The Morgan fingerprint density at radius 1 is 0.968 bits per heavy atom. The van der Waals surface area contributed by atoms with Crippen molar-refractivity contribution >= 4 is 50.4 Å². The molecule has 1 aliphatic heterocycles. The van der Waals surface area contributed by atoms with Gasteiger partial charge in [0.25, 0.3) is 0 Å². The summed E-state index contributed by atoms with van der Waals surface area (Å²) in [6.07, 6.45) is 0. The SMILES string of the molecule is O=C(O)c1ccc(C(=O)O)c([N+](=O)[O][Al]2[O]C(=O)c3ccc(C(=O)O)c(c3)[N+](=O)[O]2)c1. The van der Waals surface area contributed by atoms with Gasteiger partial charge >= 0.3 is 50.4 Å². The number of rotatable bonds is 6. The number of carboxylic acids is 3. The second kappa shape index (κ2) is 8.18. The fourth-order valence-electron chi connectivity index (χ4n) is 2.47. The van der Waals surface area contributed by atoms with Crippen LogP contribution in [0.5, 0.6) is 0 Å². The molecule has 2 aromatic rings. The number of carbonyl (C=O) groups is 4. The molecule has 0 aliphatic carbocycles. The van der Waals surface area contributed by atoms with Gasteiger partial charge in [-0.25, -0.2) is 19.2 Å². The van der Waals surface area contributed by atoms with E-state index in [1.807, 2.05) is 0 Å². The Kier molecular flexibility index (Phi) is 5.64. The van der Waals surface area contributed by atoms with Crippen LogP contribution in [-0.4, -0.2) is 64.2 Å². The number of fused-ring (bicyclic) bond motifs is 2. The second-order valence-electron chi connectivity index (χ2n) is 5.80. The molecule has 156 valence electrons. The van der Waals surface area contributed by atoms with Gasteiger partial charge in [-0.1, -0.05) is 0 Å². The quantitative estimate of drug-likeness (QED) is 0.424. The number of aromatic carboxylic acids is 3. The minimum atomic E-state index is -4.02. The van der Waals surface area contributed by atoms with E-state index in [2.05, 4.69) is 0 Å². The molecule has 0 spiro atoms. The molecular weight excluding hydrogens is 439 g/mol. The van der Waals surface area contributed by atoms with Crippen LogP contribution >= 0.6 is 0 Å². The summed E-state index contributed by atoms with van der Waals surface area (Å²) in [4.78, 5) is 69.7. The molecule has 3 N–H and O–H groups in total. The summed E-state index contributed by atoms with van der Waals surface area (Å²) < 4.78 is 14.3. The van der Waals surface area contributed by atoms with Gasteiger partial charge in [0.05, 0.1) is 20.9 Å². The van der Waals surface area contributed by atoms with Gasteiger partial charge in [-0.15, -0.1) is 0 Å². The first kappa shape index (κ1) is 21.4. The lowest BCUT2D eigenvalue weighted by molar-refractivity contribution is -0.752. The molecule has 1 heterocycles. The molecule has 2 aromatic carbocycles. The zero-order valence-corrected chi connectivity index (χ0v) is 16.1. The third kappa shape index (κ3) is 4.32. The van der Waals surface area contributed by atoms with Crippen LogP contribution in [0.3, 0.4) is 0 Å². The van der Waals surface area contributed by atoms with Gasteiger partial charge in [-0.05, 0) is 24.3 Å². The summed E-state index contributed by atoms with van der Waals surface area (Å²) in [6, 6.07) is 5.41. The number of benzene rings is 2. The minimum absolute atomic E-state index is 0.234. The molecule has 0 aromatic heterocycles.